The van der Waals surface area contributed by atoms with Gasteiger partial charge in [-0.15, -0.1) is 0 Å². The largest absolute Gasteiger partial charge is 0.494 e. The fraction of sp³-hybridized carbons (Fsp3) is 0.300. The summed E-state index contributed by atoms with van der Waals surface area (Å²) in [5.74, 6) is -0.179. The van der Waals surface area contributed by atoms with Crippen molar-refractivity contribution in [1.82, 2.24) is 0 Å². The van der Waals surface area contributed by atoms with Crippen LogP contribution < -0.4 is 20.3 Å². The van der Waals surface area contributed by atoms with Gasteiger partial charge in [0.1, 0.15) is 17.6 Å². The van der Waals surface area contributed by atoms with Crippen LogP contribution in [0, 0.1) is 5.82 Å². The molecule has 0 radical (unpaired) electrons. The molecule has 0 spiro atoms. The molecular weight excluding hydrogens is 385 g/mol. The molecule has 0 bridgehead atoms. The predicted octanol–water partition coefficient (Wildman–Crippen LogP) is 4.05. The van der Waals surface area contributed by atoms with E-state index in [1.807, 2.05) is 0 Å². The summed E-state index contributed by atoms with van der Waals surface area (Å²) in [6.07, 6.45) is 1.36. The number of nitrogens with one attached hydrogen (secondary N) is 2. The first kappa shape index (κ1) is 19.9. The summed E-state index contributed by atoms with van der Waals surface area (Å²) in [5.41, 5.74) is 1.72. The lowest BCUT2D eigenvalue weighted by Gasteiger charge is -2.21. The summed E-state index contributed by atoms with van der Waals surface area (Å²) in [6, 6.07) is 8.51. The van der Waals surface area contributed by atoms with E-state index >= 15 is 0 Å². The molecule has 0 aliphatic carbocycles. The van der Waals surface area contributed by atoms with Gasteiger partial charge < -0.3 is 20.3 Å². The van der Waals surface area contributed by atoms with Crippen LogP contribution in [0.1, 0.15) is 19.8 Å². The van der Waals surface area contributed by atoms with E-state index < -0.39 is 11.9 Å². The van der Waals surface area contributed by atoms with Crippen LogP contribution in [0.2, 0.25) is 5.02 Å². The lowest BCUT2D eigenvalue weighted by atomic mass is 10.2. The lowest BCUT2D eigenvalue weighted by Crippen LogP contribution is -2.32. The van der Waals surface area contributed by atoms with Gasteiger partial charge in [0, 0.05) is 24.7 Å². The van der Waals surface area contributed by atoms with Crippen molar-refractivity contribution in [2.45, 2.75) is 25.8 Å². The van der Waals surface area contributed by atoms with Crippen LogP contribution in [0.4, 0.5) is 21.5 Å². The van der Waals surface area contributed by atoms with E-state index in [2.05, 4.69) is 10.6 Å². The topological polar surface area (TPSA) is 70.7 Å². The highest BCUT2D eigenvalue weighted by Gasteiger charge is 2.25. The average molecular weight is 406 g/mol. The van der Waals surface area contributed by atoms with Crippen LogP contribution in [0.25, 0.3) is 0 Å². The minimum atomic E-state index is -0.593. The molecule has 3 rings (SSSR count). The number of anilines is 3. The lowest BCUT2D eigenvalue weighted by molar-refractivity contribution is -0.117. The zero-order valence-electron chi connectivity index (χ0n) is 15.6. The maximum Gasteiger partial charge on any atom is 0.246 e. The third kappa shape index (κ3) is 4.36. The number of amides is 2. The van der Waals surface area contributed by atoms with Crippen LogP contribution in [0.5, 0.6) is 5.75 Å². The number of benzene rings is 2. The molecule has 0 aromatic heterocycles. The van der Waals surface area contributed by atoms with Gasteiger partial charge in [0.25, 0.3) is 0 Å². The third-order valence-corrected chi connectivity index (χ3v) is 4.82. The van der Waals surface area contributed by atoms with E-state index in [-0.39, 0.29) is 16.8 Å². The Labute approximate surface area is 167 Å². The highest BCUT2D eigenvalue weighted by atomic mass is 35.5. The number of carbonyl (C=O) groups excluding carboxylic acids is 2. The molecule has 0 saturated carbocycles. The molecule has 2 aromatic carbocycles. The number of hydrogen-bond acceptors (Lipinski definition) is 4. The standard InChI is InChI=1S/C20H21ClFN3O3/c1-12(20(27)24-16-7-5-13(22)10-15(16)21)23-14-6-8-17(18(11-14)28-2)25-9-3-4-19(25)26/h5-8,10-12,23H,3-4,9H2,1-2H3,(H,24,27). The van der Waals surface area contributed by atoms with Crippen LogP contribution in [0.3, 0.4) is 0 Å². The van der Waals surface area contributed by atoms with E-state index in [1.54, 1.807) is 30.0 Å². The number of ether oxygens (including phenoxy) is 1. The molecule has 6 nitrogen and oxygen atoms in total. The first-order chi connectivity index (χ1) is 13.4. The second kappa shape index (κ2) is 8.48. The maximum absolute atomic E-state index is 13.1. The quantitative estimate of drug-likeness (QED) is 0.760. The van der Waals surface area contributed by atoms with Crippen LogP contribution >= 0.6 is 11.6 Å². The molecule has 2 amide bonds. The molecule has 1 aliphatic heterocycles. The Bertz CT molecular complexity index is 906. The Hall–Kier alpha value is -2.80. The number of methoxy groups -OCH3 is 1. The summed E-state index contributed by atoms with van der Waals surface area (Å²) in [6.45, 7) is 2.36. The van der Waals surface area contributed by atoms with Crippen molar-refractivity contribution in [3.05, 3.63) is 47.2 Å². The van der Waals surface area contributed by atoms with Gasteiger partial charge in [0.05, 0.1) is 23.5 Å². The van der Waals surface area contributed by atoms with Gasteiger partial charge in [-0.1, -0.05) is 11.6 Å². The Kier molecular flexibility index (Phi) is 6.04. The number of nitrogens with zero attached hydrogens (tertiary/aromatic N) is 1. The van der Waals surface area contributed by atoms with Gasteiger partial charge in [-0.05, 0) is 43.7 Å². The van der Waals surface area contributed by atoms with E-state index in [4.69, 9.17) is 16.3 Å². The predicted molar refractivity (Wildman–Crippen MR) is 108 cm³/mol. The number of rotatable bonds is 6. The molecule has 2 N–H and O–H groups in total. The van der Waals surface area contributed by atoms with Crippen LogP contribution in [-0.2, 0) is 9.59 Å². The van der Waals surface area contributed by atoms with Gasteiger partial charge in [0.2, 0.25) is 11.8 Å². The molecule has 1 atom stereocenters. The van der Waals surface area contributed by atoms with E-state index in [0.29, 0.717) is 35.8 Å². The molecule has 148 valence electrons. The normalized spacial score (nSPS) is 14.7. The Morgan fingerprint density at radius 1 is 1.29 bits per heavy atom. The molecular formula is C20H21ClFN3O3. The average Bonchev–Trinajstić information content (AvgIpc) is 3.09. The highest BCUT2D eigenvalue weighted by molar-refractivity contribution is 6.33. The minimum absolute atomic E-state index is 0.0722. The Balaban J connectivity index is 1.70. The van der Waals surface area contributed by atoms with Gasteiger partial charge in [-0.25, -0.2) is 4.39 Å². The summed E-state index contributed by atoms with van der Waals surface area (Å²) >= 11 is 5.95. The first-order valence-electron chi connectivity index (χ1n) is 8.90. The third-order valence-electron chi connectivity index (χ3n) is 4.51. The smallest absolute Gasteiger partial charge is 0.246 e. The SMILES string of the molecule is COc1cc(NC(C)C(=O)Nc2ccc(F)cc2Cl)ccc1N1CCCC1=O. The van der Waals surface area contributed by atoms with Crippen molar-refractivity contribution < 1.29 is 18.7 Å². The molecule has 1 aliphatic rings. The van der Waals surface area contributed by atoms with E-state index in [9.17, 15) is 14.0 Å². The summed E-state index contributed by atoms with van der Waals surface area (Å²) in [5, 5.41) is 5.87. The highest BCUT2D eigenvalue weighted by Crippen LogP contribution is 2.34. The minimum Gasteiger partial charge on any atom is -0.494 e. The monoisotopic (exact) mass is 405 g/mol. The van der Waals surface area contributed by atoms with Crippen molar-refractivity contribution in [1.29, 1.82) is 0 Å². The Morgan fingerprint density at radius 2 is 2.07 bits per heavy atom. The fourth-order valence-corrected chi connectivity index (χ4v) is 3.26. The number of halogens is 2. The zero-order chi connectivity index (χ0) is 20.3. The van der Waals surface area contributed by atoms with Crippen molar-refractivity contribution >= 4 is 40.5 Å². The summed E-state index contributed by atoms with van der Waals surface area (Å²) in [4.78, 5) is 26.1. The van der Waals surface area contributed by atoms with Crippen LogP contribution in [-0.4, -0.2) is 31.5 Å². The van der Waals surface area contributed by atoms with Crippen molar-refractivity contribution in [3.8, 4) is 5.75 Å². The van der Waals surface area contributed by atoms with Gasteiger partial charge in [0.15, 0.2) is 0 Å². The van der Waals surface area contributed by atoms with Crippen molar-refractivity contribution in [2.24, 2.45) is 0 Å². The molecule has 1 heterocycles. The summed E-state index contributed by atoms with van der Waals surface area (Å²) < 4.78 is 18.5. The molecule has 28 heavy (non-hydrogen) atoms. The number of hydrogen-bond donors (Lipinski definition) is 2. The zero-order valence-corrected chi connectivity index (χ0v) is 16.3. The second-order valence-electron chi connectivity index (χ2n) is 6.52. The van der Waals surface area contributed by atoms with E-state index in [0.717, 1.165) is 12.5 Å². The molecule has 1 unspecified atom stereocenters. The van der Waals surface area contributed by atoms with Gasteiger partial charge >= 0.3 is 0 Å². The first-order valence-corrected chi connectivity index (χ1v) is 9.27. The fourth-order valence-electron chi connectivity index (χ4n) is 3.04. The van der Waals surface area contributed by atoms with Crippen molar-refractivity contribution in [2.75, 3.05) is 29.2 Å². The van der Waals surface area contributed by atoms with Gasteiger partial charge in [-0.2, -0.15) is 0 Å². The molecule has 1 fully saturated rings. The molecule has 8 heteroatoms. The number of carbonyl (C=O) groups is 2. The van der Waals surface area contributed by atoms with Crippen molar-refractivity contribution in [3.63, 3.8) is 0 Å². The molecule has 1 saturated heterocycles. The second-order valence-corrected chi connectivity index (χ2v) is 6.92. The molecule has 2 aromatic rings. The van der Waals surface area contributed by atoms with E-state index in [1.165, 1.54) is 19.2 Å². The van der Waals surface area contributed by atoms with Gasteiger partial charge in [-0.3, -0.25) is 9.59 Å². The Morgan fingerprint density at radius 3 is 2.71 bits per heavy atom. The summed E-state index contributed by atoms with van der Waals surface area (Å²) in [7, 11) is 1.54. The van der Waals surface area contributed by atoms with Crippen LogP contribution in [0.15, 0.2) is 36.4 Å². The maximum atomic E-state index is 13.1.